The van der Waals surface area contributed by atoms with Gasteiger partial charge in [-0.15, -0.1) is 23.1 Å². The van der Waals surface area contributed by atoms with E-state index in [0.29, 0.717) is 0 Å². The SMILES string of the molecule is CSC(=S)Nc1sc2c(c1C#N)CCCC2. The Hall–Kier alpha value is -0.570. The van der Waals surface area contributed by atoms with Crippen molar-refractivity contribution in [3.63, 3.8) is 0 Å². The molecule has 1 aromatic heterocycles. The third-order valence-electron chi connectivity index (χ3n) is 2.68. The van der Waals surface area contributed by atoms with Crippen LogP contribution in [0.2, 0.25) is 0 Å². The van der Waals surface area contributed by atoms with Crippen LogP contribution in [-0.2, 0) is 12.8 Å². The molecule has 0 spiro atoms. The van der Waals surface area contributed by atoms with Gasteiger partial charge in [-0.25, -0.2) is 0 Å². The molecule has 5 heteroatoms. The van der Waals surface area contributed by atoms with Gasteiger partial charge in [-0.05, 0) is 37.5 Å². The Balaban J connectivity index is 2.35. The lowest BCUT2D eigenvalue weighted by atomic mass is 9.96. The van der Waals surface area contributed by atoms with Crippen molar-refractivity contribution < 1.29 is 0 Å². The van der Waals surface area contributed by atoms with Crippen LogP contribution in [0.3, 0.4) is 0 Å². The molecule has 1 aromatic rings. The highest BCUT2D eigenvalue weighted by molar-refractivity contribution is 8.22. The smallest absolute Gasteiger partial charge is 0.138 e. The maximum atomic E-state index is 9.22. The van der Waals surface area contributed by atoms with Gasteiger partial charge >= 0.3 is 0 Å². The molecule has 1 N–H and O–H groups in total. The van der Waals surface area contributed by atoms with Crippen molar-refractivity contribution in [3.05, 3.63) is 16.0 Å². The monoisotopic (exact) mass is 268 g/mol. The largest absolute Gasteiger partial charge is 0.332 e. The Labute approximate surface area is 109 Å². The van der Waals surface area contributed by atoms with Crippen LogP contribution >= 0.6 is 35.3 Å². The minimum Gasteiger partial charge on any atom is -0.332 e. The van der Waals surface area contributed by atoms with Crippen molar-refractivity contribution in [2.45, 2.75) is 25.7 Å². The van der Waals surface area contributed by atoms with E-state index in [1.807, 2.05) is 6.26 Å². The van der Waals surface area contributed by atoms with E-state index in [4.69, 9.17) is 12.2 Å². The van der Waals surface area contributed by atoms with Crippen molar-refractivity contribution >= 4 is 44.6 Å². The normalized spacial score (nSPS) is 14.0. The molecule has 0 radical (unpaired) electrons. The van der Waals surface area contributed by atoms with Gasteiger partial charge in [-0.2, -0.15) is 5.26 Å². The zero-order chi connectivity index (χ0) is 11.5. The predicted octanol–water partition coefficient (Wildman–Crippen LogP) is 3.56. The van der Waals surface area contributed by atoms with Gasteiger partial charge < -0.3 is 5.32 Å². The minimum atomic E-state index is 0.732. The Kier molecular flexibility index (Phi) is 3.85. The Morgan fingerprint density at radius 3 is 2.94 bits per heavy atom. The standard InChI is InChI=1S/C11H12N2S3/c1-15-11(14)13-10-8(6-12)7-4-2-3-5-9(7)16-10/h2-5H2,1H3,(H,13,14). The molecule has 0 saturated carbocycles. The number of hydrogen-bond acceptors (Lipinski definition) is 4. The highest BCUT2D eigenvalue weighted by atomic mass is 32.2. The van der Waals surface area contributed by atoms with Gasteiger partial charge in [0, 0.05) is 4.88 Å². The number of thiocarbonyl (C=S) groups is 1. The fourth-order valence-electron chi connectivity index (χ4n) is 1.92. The highest BCUT2D eigenvalue weighted by Gasteiger charge is 2.20. The fourth-order valence-corrected chi connectivity index (χ4v) is 3.60. The van der Waals surface area contributed by atoms with E-state index in [-0.39, 0.29) is 0 Å². The van der Waals surface area contributed by atoms with Crippen molar-refractivity contribution in [2.24, 2.45) is 0 Å². The second-order valence-electron chi connectivity index (χ2n) is 3.64. The van der Waals surface area contributed by atoms with Gasteiger partial charge in [-0.3, -0.25) is 0 Å². The van der Waals surface area contributed by atoms with Crippen molar-refractivity contribution in [1.29, 1.82) is 5.26 Å². The van der Waals surface area contributed by atoms with E-state index in [1.165, 1.54) is 35.0 Å². The number of fused-ring (bicyclic) bond motifs is 1. The van der Waals surface area contributed by atoms with E-state index < -0.39 is 0 Å². The van der Waals surface area contributed by atoms with Crippen LogP contribution in [0.1, 0.15) is 28.8 Å². The highest BCUT2D eigenvalue weighted by Crippen LogP contribution is 2.37. The Bertz CT molecular complexity index is 457. The van der Waals surface area contributed by atoms with E-state index in [2.05, 4.69) is 11.4 Å². The van der Waals surface area contributed by atoms with Crippen molar-refractivity contribution in [2.75, 3.05) is 11.6 Å². The van der Waals surface area contributed by atoms with Crippen molar-refractivity contribution in [3.8, 4) is 6.07 Å². The average molecular weight is 268 g/mol. The summed E-state index contributed by atoms with van der Waals surface area (Å²) in [6.45, 7) is 0. The van der Waals surface area contributed by atoms with Gasteiger partial charge in [0.1, 0.15) is 15.4 Å². The molecule has 1 heterocycles. The van der Waals surface area contributed by atoms with Crippen LogP contribution in [0.4, 0.5) is 5.00 Å². The summed E-state index contributed by atoms with van der Waals surface area (Å²) in [4.78, 5) is 1.37. The number of aryl methyl sites for hydroxylation is 1. The van der Waals surface area contributed by atoms with Crippen molar-refractivity contribution in [1.82, 2.24) is 0 Å². The Morgan fingerprint density at radius 1 is 1.50 bits per heavy atom. The van der Waals surface area contributed by atoms with Crippen LogP contribution < -0.4 is 5.32 Å². The van der Waals surface area contributed by atoms with Gasteiger partial charge in [0.2, 0.25) is 0 Å². The molecule has 1 aliphatic rings. The third kappa shape index (κ3) is 2.24. The maximum Gasteiger partial charge on any atom is 0.138 e. The third-order valence-corrected chi connectivity index (χ3v) is 4.97. The molecule has 0 amide bonds. The minimum absolute atomic E-state index is 0.732. The second kappa shape index (κ2) is 5.17. The number of anilines is 1. The molecular weight excluding hydrogens is 256 g/mol. The zero-order valence-electron chi connectivity index (χ0n) is 9.00. The van der Waals surface area contributed by atoms with Crippen LogP contribution in [0.5, 0.6) is 0 Å². The summed E-state index contributed by atoms with van der Waals surface area (Å²) in [7, 11) is 0. The lowest BCUT2D eigenvalue weighted by Gasteiger charge is -2.09. The molecule has 0 saturated heterocycles. The lowest BCUT2D eigenvalue weighted by Crippen LogP contribution is -2.04. The van der Waals surface area contributed by atoms with Gasteiger partial charge in [-0.1, -0.05) is 12.2 Å². The average Bonchev–Trinajstić information content (AvgIpc) is 2.65. The number of nitrogens with one attached hydrogen (secondary N) is 1. The predicted molar refractivity (Wildman–Crippen MR) is 75.4 cm³/mol. The van der Waals surface area contributed by atoms with Crippen LogP contribution in [0, 0.1) is 11.3 Å². The molecule has 2 nitrogen and oxygen atoms in total. The molecule has 0 aliphatic heterocycles. The molecule has 2 rings (SSSR count). The number of nitrogens with zero attached hydrogens (tertiary/aromatic N) is 1. The molecule has 0 bridgehead atoms. The summed E-state index contributed by atoms with van der Waals surface area (Å²) in [6.07, 6.45) is 6.54. The van der Waals surface area contributed by atoms with E-state index in [0.717, 1.165) is 27.7 Å². The molecule has 0 unspecified atom stereocenters. The molecule has 16 heavy (non-hydrogen) atoms. The number of hydrogen-bond donors (Lipinski definition) is 1. The number of rotatable bonds is 1. The topological polar surface area (TPSA) is 35.8 Å². The summed E-state index contributed by atoms with van der Waals surface area (Å²) in [6, 6.07) is 2.31. The summed E-state index contributed by atoms with van der Waals surface area (Å²) in [5, 5.41) is 13.3. The van der Waals surface area contributed by atoms with E-state index >= 15 is 0 Å². The van der Waals surface area contributed by atoms with Gasteiger partial charge in [0.05, 0.1) is 5.56 Å². The quantitative estimate of drug-likeness (QED) is 0.790. The van der Waals surface area contributed by atoms with E-state index in [1.54, 1.807) is 11.3 Å². The fraction of sp³-hybridized carbons (Fsp3) is 0.455. The number of nitriles is 1. The second-order valence-corrected chi connectivity index (χ2v) is 6.23. The Morgan fingerprint density at radius 2 is 2.25 bits per heavy atom. The summed E-state index contributed by atoms with van der Waals surface area (Å²) < 4.78 is 0.732. The molecule has 0 aromatic carbocycles. The number of thioether (sulfide) groups is 1. The summed E-state index contributed by atoms with van der Waals surface area (Å²) >= 11 is 8.33. The number of thiophene rings is 1. The zero-order valence-corrected chi connectivity index (χ0v) is 11.4. The van der Waals surface area contributed by atoms with Crippen LogP contribution in [-0.4, -0.2) is 10.6 Å². The summed E-state index contributed by atoms with van der Waals surface area (Å²) in [5.41, 5.74) is 2.07. The first-order valence-electron chi connectivity index (χ1n) is 5.16. The van der Waals surface area contributed by atoms with Gasteiger partial charge in [0.25, 0.3) is 0 Å². The lowest BCUT2D eigenvalue weighted by molar-refractivity contribution is 0.696. The first-order chi connectivity index (χ1) is 7.76. The molecule has 0 atom stereocenters. The maximum absolute atomic E-state index is 9.22. The summed E-state index contributed by atoms with van der Waals surface area (Å²) in [5.74, 6) is 0. The van der Waals surface area contributed by atoms with Gasteiger partial charge in [0.15, 0.2) is 0 Å². The molecular formula is C11H12N2S3. The first kappa shape index (κ1) is 11.9. The first-order valence-corrected chi connectivity index (χ1v) is 7.60. The molecule has 0 fully saturated rings. The molecule has 1 aliphatic carbocycles. The van der Waals surface area contributed by atoms with Crippen LogP contribution in [0.25, 0.3) is 0 Å². The molecule has 84 valence electrons. The van der Waals surface area contributed by atoms with Crippen LogP contribution in [0.15, 0.2) is 0 Å². The van der Waals surface area contributed by atoms with E-state index in [9.17, 15) is 5.26 Å².